The Morgan fingerprint density at radius 2 is 2.00 bits per heavy atom. The Morgan fingerprint density at radius 1 is 1.27 bits per heavy atom. The fourth-order valence-electron chi connectivity index (χ4n) is 2.16. The third-order valence-electron chi connectivity index (χ3n) is 3.38. The highest BCUT2D eigenvalue weighted by atomic mass is 15.0. The Bertz CT molecular complexity index is 328. The molecule has 2 unspecified atom stereocenters. The zero-order chi connectivity index (χ0) is 10.8. The van der Waals surface area contributed by atoms with E-state index in [4.69, 9.17) is 0 Å². The first kappa shape index (κ1) is 10.7. The molecule has 1 aromatic carbocycles. The summed E-state index contributed by atoms with van der Waals surface area (Å²) in [5.74, 6) is 0.928. The van der Waals surface area contributed by atoms with Gasteiger partial charge in [0, 0.05) is 12.1 Å². The van der Waals surface area contributed by atoms with Crippen molar-refractivity contribution in [2.75, 3.05) is 0 Å². The van der Waals surface area contributed by atoms with E-state index in [0.717, 1.165) is 5.92 Å². The van der Waals surface area contributed by atoms with Crippen LogP contribution in [0.5, 0.6) is 0 Å². The highest BCUT2D eigenvalue weighted by Crippen LogP contribution is 2.33. The fraction of sp³-hybridized carbons (Fsp3) is 0.571. The molecule has 0 bridgehead atoms. The SMILES string of the molecule is Cc1cccc(C(C)NC(C)C2CC2)c1. The summed E-state index contributed by atoms with van der Waals surface area (Å²) in [7, 11) is 0. The number of nitrogens with one attached hydrogen (secondary N) is 1. The summed E-state index contributed by atoms with van der Waals surface area (Å²) in [4.78, 5) is 0. The lowest BCUT2D eigenvalue weighted by atomic mass is 10.0. The van der Waals surface area contributed by atoms with E-state index in [0.29, 0.717) is 12.1 Å². The van der Waals surface area contributed by atoms with Crippen LogP contribution in [0.1, 0.15) is 43.9 Å². The number of hydrogen-bond acceptors (Lipinski definition) is 1. The van der Waals surface area contributed by atoms with E-state index in [9.17, 15) is 0 Å². The van der Waals surface area contributed by atoms with E-state index >= 15 is 0 Å². The highest BCUT2D eigenvalue weighted by Gasteiger charge is 2.28. The lowest BCUT2D eigenvalue weighted by Gasteiger charge is -2.20. The van der Waals surface area contributed by atoms with E-state index in [1.54, 1.807) is 0 Å². The molecule has 2 rings (SSSR count). The Hall–Kier alpha value is -0.820. The molecular formula is C14H21N. The molecule has 0 amide bonds. The van der Waals surface area contributed by atoms with Crippen molar-refractivity contribution in [1.29, 1.82) is 0 Å². The second kappa shape index (κ2) is 4.36. The lowest BCUT2D eigenvalue weighted by Crippen LogP contribution is -2.30. The van der Waals surface area contributed by atoms with Gasteiger partial charge >= 0.3 is 0 Å². The van der Waals surface area contributed by atoms with Gasteiger partial charge in [-0.25, -0.2) is 0 Å². The molecule has 0 heterocycles. The first-order valence-electron chi connectivity index (χ1n) is 5.99. The summed E-state index contributed by atoms with van der Waals surface area (Å²) in [5.41, 5.74) is 2.75. The summed E-state index contributed by atoms with van der Waals surface area (Å²) >= 11 is 0. The van der Waals surface area contributed by atoms with Crippen molar-refractivity contribution in [3.05, 3.63) is 35.4 Å². The second-order valence-corrected chi connectivity index (χ2v) is 4.93. The fourth-order valence-corrected chi connectivity index (χ4v) is 2.16. The Labute approximate surface area is 92.9 Å². The summed E-state index contributed by atoms with van der Waals surface area (Å²) in [6.07, 6.45) is 2.82. The zero-order valence-corrected chi connectivity index (χ0v) is 9.96. The van der Waals surface area contributed by atoms with Crippen LogP contribution in [0.2, 0.25) is 0 Å². The molecule has 1 N–H and O–H groups in total. The van der Waals surface area contributed by atoms with Gasteiger partial charge in [0.1, 0.15) is 0 Å². The van der Waals surface area contributed by atoms with Crippen molar-refractivity contribution < 1.29 is 0 Å². The van der Waals surface area contributed by atoms with Crippen molar-refractivity contribution >= 4 is 0 Å². The smallest absolute Gasteiger partial charge is 0.0294 e. The van der Waals surface area contributed by atoms with Gasteiger partial charge in [-0.2, -0.15) is 0 Å². The van der Waals surface area contributed by atoms with Crippen LogP contribution in [-0.2, 0) is 0 Å². The van der Waals surface area contributed by atoms with Crippen molar-refractivity contribution in [3.8, 4) is 0 Å². The van der Waals surface area contributed by atoms with E-state index < -0.39 is 0 Å². The third kappa shape index (κ3) is 2.82. The Balaban J connectivity index is 1.97. The molecule has 1 aliphatic carbocycles. The summed E-state index contributed by atoms with van der Waals surface area (Å²) in [6, 6.07) is 9.92. The maximum atomic E-state index is 3.69. The topological polar surface area (TPSA) is 12.0 Å². The first-order chi connectivity index (χ1) is 7.16. The van der Waals surface area contributed by atoms with Crippen LogP contribution in [0.25, 0.3) is 0 Å². The average Bonchev–Trinajstić information content (AvgIpc) is 3.00. The molecule has 0 aliphatic heterocycles. The van der Waals surface area contributed by atoms with E-state index in [1.807, 2.05) is 0 Å². The van der Waals surface area contributed by atoms with E-state index in [-0.39, 0.29) is 0 Å². The Morgan fingerprint density at radius 3 is 2.60 bits per heavy atom. The quantitative estimate of drug-likeness (QED) is 0.790. The minimum atomic E-state index is 0.473. The average molecular weight is 203 g/mol. The van der Waals surface area contributed by atoms with Gasteiger partial charge in [-0.3, -0.25) is 0 Å². The number of hydrogen-bond donors (Lipinski definition) is 1. The van der Waals surface area contributed by atoms with Crippen molar-refractivity contribution in [3.63, 3.8) is 0 Å². The molecule has 1 saturated carbocycles. The molecule has 1 aromatic rings. The van der Waals surface area contributed by atoms with Gasteiger partial charge in [0.25, 0.3) is 0 Å². The van der Waals surface area contributed by atoms with Gasteiger partial charge in [-0.1, -0.05) is 29.8 Å². The van der Waals surface area contributed by atoms with Gasteiger partial charge in [-0.15, -0.1) is 0 Å². The minimum Gasteiger partial charge on any atom is -0.307 e. The van der Waals surface area contributed by atoms with E-state index in [1.165, 1.54) is 24.0 Å². The molecule has 0 aromatic heterocycles. The van der Waals surface area contributed by atoms with Crippen molar-refractivity contribution in [2.24, 2.45) is 5.92 Å². The maximum absolute atomic E-state index is 3.69. The maximum Gasteiger partial charge on any atom is 0.0294 e. The predicted octanol–water partition coefficient (Wildman–Crippen LogP) is 3.44. The van der Waals surface area contributed by atoms with Crippen LogP contribution >= 0.6 is 0 Å². The van der Waals surface area contributed by atoms with Crippen LogP contribution in [0, 0.1) is 12.8 Å². The molecule has 0 saturated heterocycles. The van der Waals surface area contributed by atoms with Crippen LogP contribution in [0.4, 0.5) is 0 Å². The van der Waals surface area contributed by atoms with Crippen molar-refractivity contribution in [2.45, 2.75) is 45.7 Å². The molecule has 0 radical (unpaired) electrons. The van der Waals surface area contributed by atoms with Crippen molar-refractivity contribution in [1.82, 2.24) is 5.32 Å². The largest absolute Gasteiger partial charge is 0.307 e. The summed E-state index contributed by atoms with van der Waals surface area (Å²) in [5, 5.41) is 3.69. The lowest BCUT2D eigenvalue weighted by molar-refractivity contribution is 0.441. The highest BCUT2D eigenvalue weighted by molar-refractivity contribution is 5.24. The monoisotopic (exact) mass is 203 g/mol. The molecule has 1 fully saturated rings. The third-order valence-corrected chi connectivity index (χ3v) is 3.38. The zero-order valence-electron chi connectivity index (χ0n) is 9.96. The number of benzene rings is 1. The second-order valence-electron chi connectivity index (χ2n) is 4.93. The number of rotatable bonds is 4. The van der Waals surface area contributed by atoms with Gasteiger partial charge in [0.2, 0.25) is 0 Å². The molecule has 0 spiro atoms. The van der Waals surface area contributed by atoms with Crippen LogP contribution in [-0.4, -0.2) is 6.04 Å². The molecule has 2 atom stereocenters. The van der Waals surface area contributed by atoms with Gasteiger partial charge < -0.3 is 5.32 Å². The summed E-state index contributed by atoms with van der Waals surface area (Å²) < 4.78 is 0. The van der Waals surface area contributed by atoms with E-state index in [2.05, 4.69) is 50.4 Å². The molecule has 1 aliphatic rings. The minimum absolute atomic E-state index is 0.473. The molecule has 1 nitrogen and oxygen atoms in total. The first-order valence-corrected chi connectivity index (χ1v) is 5.99. The van der Waals surface area contributed by atoms with Crippen LogP contribution in [0.15, 0.2) is 24.3 Å². The standard InChI is InChI=1S/C14H21N/c1-10-5-4-6-14(9-10)12(3)15-11(2)13-7-8-13/h4-6,9,11-13,15H,7-8H2,1-3H3. The Kier molecular flexibility index (Phi) is 3.11. The molecular weight excluding hydrogens is 182 g/mol. The normalized spacial score (nSPS) is 19.9. The number of aryl methyl sites for hydroxylation is 1. The van der Waals surface area contributed by atoms with Crippen LogP contribution in [0.3, 0.4) is 0 Å². The van der Waals surface area contributed by atoms with Gasteiger partial charge in [0.15, 0.2) is 0 Å². The molecule has 82 valence electrons. The summed E-state index contributed by atoms with van der Waals surface area (Å²) in [6.45, 7) is 6.72. The molecule has 15 heavy (non-hydrogen) atoms. The predicted molar refractivity (Wildman–Crippen MR) is 64.9 cm³/mol. The molecule has 1 heteroatoms. The van der Waals surface area contributed by atoms with Gasteiger partial charge in [0.05, 0.1) is 0 Å². The van der Waals surface area contributed by atoms with Gasteiger partial charge in [-0.05, 0) is 45.1 Å². The van der Waals surface area contributed by atoms with Crippen LogP contribution < -0.4 is 5.32 Å².